The molecule has 0 unspecified atom stereocenters. The molecule has 0 aliphatic rings. The van der Waals surface area contributed by atoms with E-state index in [4.69, 9.17) is 23.2 Å². The van der Waals surface area contributed by atoms with Gasteiger partial charge in [-0.3, -0.25) is 0 Å². The van der Waals surface area contributed by atoms with Crippen LogP contribution in [0.2, 0.25) is 10.0 Å². The highest BCUT2D eigenvalue weighted by atomic mass is 35.5. The highest BCUT2D eigenvalue weighted by molar-refractivity contribution is 6.31. The van der Waals surface area contributed by atoms with E-state index in [0.29, 0.717) is 16.0 Å². The fraction of sp³-hybridized carbons (Fsp3) is 0. The number of fused-ring (bicyclic) bond motifs is 1. The van der Waals surface area contributed by atoms with E-state index in [9.17, 15) is 0 Å². The van der Waals surface area contributed by atoms with Crippen molar-refractivity contribution in [3.63, 3.8) is 0 Å². The molecule has 0 saturated heterocycles. The summed E-state index contributed by atoms with van der Waals surface area (Å²) in [7, 11) is 0. The third kappa shape index (κ3) is 4.08. The van der Waals surface area contributed by atoms with Crippen LogP contribution in [-0.2, 0) is 0 Å². The Balaban J connectivity index is 1.71. The number of benzene rings is 3. The van der Waals surface area contributed by atoms with E-state index in [1.165, 1.54) is 0 Å². The van der Waals surface area contributed by atoms with E-state index >= 15 is 0 Å². The second-order valence-corrected chi connectivity index (χ2v) is 6.72. The predicted molar refractivity (Wildman–Crippen MR) is 113 cm³/mol. The van der Waals surface area contributed by atoms with Crippen molar-refractivity contribution < 1.29 is 0 Å². The highest BCUT2D eigenvalue weighted by Crippen LogP contribution is 2.29. The van der Waals surface area contributed by atoms with E-state index in [1.807, 2.05) is 72.8 Å². The molecule has 1 aromatic heterocycles. The van der Waals surface area contributed by atoms with Crippen LogP contribution >= 0.6 is 23.2 Å². The Morgan fingerprint density at radius 3 is 2.33 bits per heavy atom. The minimum Gasteiger partial charge on any atom is -0.245 e. The van der Waals surface area contributed by atoms with Gasteiger partial charge in [-0.15, -0.1) is 0 Å². The summed E-state index contributed by atoms with van der Waals surface area (Å²) in [6.45, 7) is 0. The first kappa shape index (κ1) is 17.5. The minimum atomic E-state index is 0.411. The van der Waals surface area contributed by atoms with Crippen LogP contribution in [0.4, 0.5) is 5.95 Å². The Bertz CT molecular complexity index is 1110. The van der Waals surface area contributed by atoms with Crippen LogP contribution in [0, 0.1) is 0 Å². The van der Waals surface area contributed by atoms with Crippen molar-refractivity contribution in [2.45, 2.75) is 0 Å². The molecule has 0 radical (unpaired) electrons. The summed E-state index contributed by atoms with van der Waals surface area (Å²) in [5.74, 6) is 0.411. The van der Waals surface area contributed by atoms with Crippen molar-refractivity contribution in [3.8, 4) is 11.3 Å². The lowest BCUT2D eigenvalue weighted by Crippen LogP contribution is -1.99. The van der Waals surface area contributed by atoms with E-state index in [-0.39, 0.29) is 0 Å². The maximum absolute atomic E-state index is 6.18. The number of aromatic nitrogens is 2. The molecule has 0 fully saturated rings. The Hall–Kier alpha value is -2.95. The quantitative estimate of drug-likeness (QED) is 0.339. The molecule has 1 heterocycles. The maximum Gasteiger partial charge on any atom is 0.244 e. The molecule has 0 spiro atoms. The maximum atomic E-state index is 6.18. The average molecular weight is 393 g/mol. The molecule has 4 rings (SSSR count). The van der Waals surface area contributed by atoms with Gasteiger partial charge in [0, 0.05) is 21.0 Å². The fourth-order valence-electron chi connectivity index (χ4n) is 2.68. The number of nitrogens with zero attached hydrogens (tertiary/aromatic N) is 3. The molecular formula is C21H14Cl2N4. The van der Waals surface area contributed by atoms with Crippen LogP contribution in [0.5, 0.6) is 0 Å². The van der Waals surface area contributed by atoms with Crippen LogP contribution in [0.15, 0.2) is 77.9 Å². The van der Waals surface area contributed by atoms with Gasteiger partial charge in [-0.25, -0.2) is 15.4 Å². The van der Waals surface area contributed by atoms with Gasteiger partial charge in [0.25, 0.3) is 0 Å². The predicted octanol–water partition coefficient (Wildman–Crippen LogP) is 6.05. The molecule has 27 heavy (non-hydrogen) atoms. The van der Waals surface area contributed by atoms with Crippen molar-refractivity contribution in [3.05, 3.63) is 88.4 Å². The molecule has 1 N–H and O–H groups in total. The third-order valence-corrected chi connectivity index (χ3v) is 4.44. The van der Waals surface area contributed by atoms with Crippen molar-refractivity contribution in [1.82, 2.24) is 9.97 Å². The molecule has 0 saturated carbocycles. The average Bonchev–Trinajstić information content (AvgIpc) is 2.70. The molecule has 0 amide bonds. The second kappa shape index (κ2) is 7.74. The minimum absolute atomic E-state index is 0.411. The Morgan fingerprint density at radius 2 is 1.56 bits per heavy atom. The summed E-state index contributed by atoms with van der Waals surface area (Å²) in [4.78, 5) is 9.17. The van der Waals surface area contributed by atoms with Crippen LogP contribution in [0.25, 0.3) is 22.2 Å². The summed E-state index contributed by atoms with van der Waals surface area (Å²) in [5, 5.41) is 6.45. The standard InChI is InChI=1S/C21H14Cl2N4/c22-16-8-6-14(7-9-16)13-24-27-21-25-19-11-10-17(23)12-18(19)20(26-21)15-4-2-1-3-5-15/h1-13H,(H,25,26,27)/b24-13-. The number of nitrogens with one attached hydrogen (secondary N) is 1. The fourth-order valence-corrected chi connectivity index (χ4v) is 2.98. The number of hydrogen-bond donors (Lipinski definition) is 1. The zero-order chi connectivity index (χ0) is 18.6. The monoisotopic (exact) mass is 392 g/mol. The summed E-state index contributed by atoms with van der Waals surface area (Å²) < 4.78 is 0. The van der Waals surface area contributed by atoms with Gasteiger partial charge in [0.2, 0.25) is 5.95 Å². The van der Waals surface area contributed by atoms with Crippen LogP contribution in [-0.4, -0.2) is 16.2 Å². The third-order valence-electron chi connectivity index (χ3n) is 3.95. The Kier molecular flexibility index (Phi) is 5.01. The molecule has 0 aliphatic heterocycles. The molecule has 6 heteroatoms. The number of anilines is 1. The second-order valence-electron chi connectivity index (χ2n) is 5.84. The first-order valence-corrected chi connectivity index (χ1v) is 9.02. The molecule has 0 aliphatic carbocycles. The Morgan fingerprint density at radius 1 is 0.815 bits per heavy atom. The van der Waals surface area contributed by atoms with Gasteiger partial charge in [0.05, 0.1) is 17.4 Å². The lowest BCUT2D eigenvalue weighted by atomic mass is 10.1. The summed E-state index contributed by atoms with van der Waals surface area (Å²) in [5.41, 5.74) is 6.40. The van der Waals surface area contributed by atoms with Gasteiger partial charge in [-0.2, -0.15) is 5.10 Å². The molecule has 4 nitrogen and oxygen atoms in total. The van der Waals surface area contributed by atoms with Gasteiger partial charge in [-0.1, -0.05) is 65.7 Å². The first-order valence-electron chi connectivity index (χ1n) is 8.26. The van der Waals surface area contributed by atoms with Gasteiger partial charge in [0.15, 0.2) is 0 Å². The molecule has 0 atom stereocenters. The SMILES string of the molecule is Clc1ccc(/C=N\Nc2nc(-c3ccccc3)c3cc(Cl)ccc3n2)cc1. The lowest BCUT2D eigenvalue weighted by molar-refractivity contribution is 1.16. The van der Waals surface area contributed by atoms with Crippen molar-refractivity contribution in [1.29, 1.82) is 0 Å². The van der Waals surface area contributed by atoms with E-state index in [0.717, 1.165) is 27.7 Å². The van der Waals surface area contributed by atoms with Gasteiger partial charge in [0.1, 0.15) is 0 Å². The summed E-state index contributed by atoms with van der Waals surface area (Å²) in [6, 6.07) is 22.9. The number of halogens is 2. The highest BCUT2D eigenvalue weighted by Gasteiger charge is 2.10. The normalized spacial score (nSPS) is 11.2. The largest absolute Gasteiger partial charge is 0.245 e. The Labute approximate surface area is 166 Å². The lowest BCUT2D eigenvalue weighted by Gasteiger charge is -2.09. The number of hydrogen-bond acceptors (Lipinski definition) is 4. The first-order chi connectivity index (χ1) is 13.2. The molecular weight excluding hydrogens is 379 g/mol. The zero-order valence-corrected chi connectivity index (χ0v) is 15.6. The summed E-state index contributed by atoms with van der Waals surface area (Å²) in [6.07, 6.45) is 1.69. The number of hydrazone groups is 1. The summed E-state index contributed by atoms with van der Waals surface area (Å²) >= 11 is 12.1. The van der Waals surface area contributed by atoms with E-state index < -0.39 is 0 Å². The topological polar surface area (TPSA) is 50.2 Å². The zero-order valence-electron chi connectivity index (χ0n) is 14.1. The van der Waals surface area contributed by atoms with Crippen molar-refractivity contribution in [2.24, 2.45) is 5.10 Å². The van der Waals surface area contributed by atoms with Crippen LogP contribution in [0.3, 0.4) is 0 Å². The van der Waals surface area contributed by atoms with E-state index in [1.54, 1.807) is 6.21 Å². The number of rotatable bonds is 4. The van der Waals surface area contributed by atoms with Gasteiger partial charge < -0.3 is 0 Å². The molecule has 3 aromatic carbocycles. The van der Waals surface area contributed by atoms with Crippen LogP contribution < -0.4 is 5.43 Å². The van der Waals surface area contributed by atoms with Gasteiger partial charge in [-0.05, 0) is 35.9 Å². The van der Waals surface area contributed by atoms with Crippen molar-refractivity contribution in [2.75, 3.05) is 5.43 Å². The van der Waals surface area contributed by atoms with Gasteiger partial charge >= 0.3 is 0 Å². The van der Waals surface area contributed by atoms with Crippen LogP contribution in [0.1, 0.15) is 5.56 Å². The smallest absolute Gasteiger partial charge is 0.244 e. The molecule has 132 valence electrons. The molecule has 4 aromatic rings. The van der Waals surface area contributed by atoms with Crippen molar-refractivity contribution >= 4 is 46.3 Å². The molecule has 0 bridgehead atoms. The van der Waals surface area contributed by atoms with E-state index in [2.05, 4.69) is 20.5 Å².